The van der Waals surface area contributed by atoms with Crippen molar-refractivity contribution in [2.45, 2.75) is 12.5 Å². The van der Waals surface area contributed by atoms with Gasteiger partial charge in [-0.3, -0.25) is 0 Å². The molecular formula is C13H13ClFN3. The van der Waals surface area contributed by atoms with Gasteiger partial charge < -0.3 is 5.32 Å². The molecule has 0 spiro atoms. The summed E-state index contributed by atoms with van der Waals surface area (Å²) in [7, 11) is 1.84. The van der Waals surface area contributed by atoms with E-state index < -0.39 is 5.82 Å². The van der Waals surface area contributed by atoms with Crippen LogP contribution in [-0.4, -0.2) is 17.0 Å². The van der Waals surface area contributed by atoms with Crippen molar-refractivity contribution in [2.24, 2.45) is 0 Å². The maximum atomic E-state index is 13.1. The minimum Gasteiger partial charge on any atom is -0.310 e. The summed E-state index contributed by atoms with van der Waals surface area (Å²) in [4.78, 5) is 8.41. The molecule has 94 valence electrons. The van der Waals surface area contributed by atoms with Crippen LogP contribution in [0.1, 0.15) is 17.4 Å². The highest BCUT2D eigenvalue weighted by molar-refractivity contribution is 6.30. The summed E-state index contributed by atoms with van der Waals surface area (Å²) >= 11 is 5.76. The zero-order valence-corrected chi connectivity index (χ0v) is 10.7. The van der Waals surface area contributed by atoms with Gasteiger partial charge in [-0.25, -0.2) is 14.4 Å². The summed E-state index contributed by atoms with van der Waals surface area (Å²) in [6.07, 6.45) is 4.05. The smallest absolute Gasteiger partial charge is 0.145 e. The molecular weight excluding hydrogens is 253 g/mol. The molecule has 1 aromatic carbocycles. The fourth-order valence-corrected chi connectivity index (χ4v) is 1.92. The molecule has 2 rings (SSSR count). The maximum Gasteiger partial charge on any atom is 0.145 e. The van der Waals surface area contributed by atoms with E-state index >= 15 is 0 Å². The Hall–Kier alpha value is -1.52. The van der Waals surface area contributed by atoms with Gasteiger partial charge >= 0.3 is 0 Å². The van der Waals surface area contributed by atoms with Gasteiger partial charge in [0.1, 0.15) is 11.6 Å². The zero-order valence-electron chi connectivity index (χ0n) is 9.90. The third-order valence-electron chi connectivity index (χ3n) is 2.67. The molecule has 0 saturated heterocycles. The molecule has 1 aromatic heterocycles. The van der Waals surface area contributed by atoms with Gasteiger partial charge in [-0.05, 0) is 37.2 Å². The van der Waals surface area contributed by atoms with Crippen LogP contribution in [0, 0.1) is 5.82 Å². The summed E-state index contributed by atoms with van der Waals surface area (Å²) in [5, 5.41) is 3.27. The highest BCUT2D eigenvalue weighted by atomic mass is 35.5. The number of hydrogen-bond donors (Lipinski definition) is 1. The van der Waals surface area contributed by atoms with Gasteiger partial charge in [-0.2, -0.15) is 0 Å². The maximum absolute atomic E-state index is 13.1. The van der Waals surface area contributed by atoms with Crippen LogP contribution in [0.25, 0.3) is 0 Å². The number of nitrogens with one attached hydrogen (secondary N) is 1. The molecule has 1 unspecified atom stereocenters. The Labute approximate surface area is 110 Å². The van der Waals surface area contributed by atoms with Crippen LogP contribution in [0.4, 0.5) is 4.39 Å². The van der Waals surface area contributed by atoms with Gasteiger partial charge in [0, 0.05) is 12.4 Å². The van der Waals surface area contributed by atoms with Gasteiger partial charge in [0.05, 0.1) is 11.1 Å². The number of rotatable bonds is 4. The fourth-order valence-electron chi connectivity index (χ4n) is 1.72. The largest absolute Gasteiger partial charge is 0.310 e. The summed E-state index contributed by atoms with van der Waals surface area (Å²) in [6.45, 7) is 0. The van der Waals surface area contributed by atoms with Crippen molar-refractivity contribution in [3.05, 3.63) is 58.9 Å². The van der Waals surface area contributed by atoms with E-state index in [0.29, 0.717) is 12.2 Å². The number of halogens is 2. The Morgan fingerprint density at radius 2 is 2.06 bits per heavy atom. The van der Waals surface area contributed by atoms with E-state index in [-0.39, 0.29) is 11.1 Å². The summed E-state index contributed by atoms with van der Waals surface area (Å²) in [5.74, 6) is 0.304. The average Bonchev–Trinajstić information content (AvgIpc) is 2.41. The van der Waals surface area contributed by atoms with Crippen molar-refractivity contribution in [2.75, 3.05) is 7.05 Å². The second-order valence-corrected chi connectivity index (χ2v) is 4.31. The quantitative estimate of drug-likeness (QED) is 0.924. The molecule has 0 saturated carbocycles. The van der Waals surface area contributed by atoms with E-state index in [1.165, 1.54) is 6.07 Å². The van der Waals surface area contributed by atoms with Gasteiger partial charge in [-0.15, -0.1) is 0 Å². The number of hydrogen-bond acceptors (Lipinski definition) is 3. The molecule has 0 bridgehead atoms. The van der Waals surface area contributed by atoms with Crippen molar-refractivity contribution >= 4 is 11.6 Å². The number of aromatic nitrogens is 2. The van der Waals surface area contributed by atoms with E-state index in [0.717, 1.165) is 5.56 Å². The number of benzene rings is 1. The van der Waals surface area contributed by atoms with Crippen molar-refractivity contribution in [1.82, 2.24) is 15.3 Å². The first kappa shape index (κ1) is 12.9. The van der Waals surface area contributed by atoms with Crippen LogP contribution >= 0.6 is 11.6 Å². The Balaban J connectivity index is 2.18. The third-order valence-corrected chi connectivity index (χ3v) is 2.96. The molecule has 2 aromatic rings. The van der Waals surface area contributed by atoms with Crippen molar-refractivity contribution in [3.8, 4) is 0 Å². The van der Waals surface area contributed by atoms with Crippen LogP contribution in [0.5, 0.6) is 0 Å². The lowest BCUT2D eigenvalue weighted by Gasteiger charge is -2.14. The minimum absolute atomic E-state index is 0.0206. The zero-order chi connectivity index (χ0) is 13.0. The molecule has 0 aliphatic carbocycles. The molecule has 0 aliphatic rings. The average molecular weight is 266 g/mol. The van der Waals surface area contributed by atoms with E-state index in [4.69, 9.17) is 11.6 Å². The van der Waals surface area contributed by atoms with Crippen LogP contribution in [0.3, 0.4) is 0 Å². The Kier molecular flexibility index (Phi) is 4.23. The van der Waals surface area contributed by atoms with E-state index in [1.807, 2.05) is 7.05 Å². The molecule has 5 heteroatoms. The Bertz CT molecular complexity index is 519. The first-order valence-corrected chi connectivity index (χ1v) is 5.96. The first-order valence-electron chi connectivity index (χ1n) is 5.59. The van der Waals surface area contributed by atoms with Gasteiger partial charge in [0.25, 0.3) is 0 Å². The molecule has 0 amide bonds. The molecule has 0 fully saturated rings. The molecule has 1 N–H and O–H groups in total. The second-order valence-electron chi connectivity index (χ2n) is 3.90. The van der Waals surface area contributed by atoms with Gasteiger partial charge in [0.2, 0.25) is 0 Å². The van der Waals surface area contributed by atoms with Gasteiger partial charge in [-0.1, -0.05) is 17.7 Å². The first-order chi connectivity index (χ1) is 8.70. The topological polar surface area (TPSA) is 37.8 Å². The lowest BCUT2D eigenvalue weighted by Crippen LogP contribution is -2.21. The van der Waals surface area contributed by atoms with Gasteiger partial charge in [0.15, 0.2) is 0 Å². The second kappa shape index (κ2) is 5.89. The molecule has 3 nitrogen and oxygen atoms in total. The van der Waals surface area contributed by atoms with E-state index in [1.54, 1.807) is 30.6 Å². The number of nitrogens with zero attached hydrogens (tertiary/aromatic N) is 2. The van der Waals surface area contributed by atoms with E-state index in [9.17, 15) is 4.39 Å². The van der Waals surface area contributed by atoms with Crippen LogP contribution < -0.4 is 5.32 Å². The summed E-state index contributed by atoms with van der Waals surface area (Å²) in [6, 6.07) is 6.47. The lowest BCUT2D eigenvalue weighted by atomic mass is 10.1. The minimum atomic E-state index is -0.405. The van der Waals surface area contributed by atoms with E-state index in [2.05, 4.69) is 15.3 Å². The van der Waals surface area contributed by atoms with Crippen molar-refractivity contribution in [3.63, 3.8) is 0 Å². The monoisotopic (exact) mass is 265 g/mol. The fraction of sp³-hybridized carbons (Fsp3) is 0.231. The van der Waals surface area contributed by atoms with Crippen LogP contribution in [0.15, 0.2) is 36.7 Å². The summed E-state index contributed by atoms with van der Waals surface area (Å²) in [5.41, 5.74) is 0.938. The highest BCUT2D eigenvalue weighted by Crippen LogP contribution is 2.20. The normalized spacial score (nSPS) is 12.4. The summed E-state index contributed by atoms with van der Waals surface area (Å²) < 4.78 is 13.1. The SMILES string of the molecule is CNC(Cc1ccc(F)c(Cl)c1)c1ncccn1. The molecule has 1 atom stereocenters. The standard InChI is InChI=1S/C13H13ClFN3/c1-16-12(13-17-5-2-6-18-13)8-9-3-4-11(15)10(14)7-9/h2-7,12,16H,8H2,1H3. The predicted molar refractivity (Wildman–Crippen MR) is 68.9 cm³/mol. The Morgan fingerprint density at radius 3 is 2.67 bits per heavy atom. The highest BCUT2D eigenvalue weighted by Gasteiger charge is 2.13. The van der Waals surface area contributed by atoms with Crippen LogP contribution in [-0.2, 0) is 6.42 Å². The Morgan fingerprint density at radius 1 is 1.33 bits per heavy atom. The van der Waals surface area contributed by atoms with Crippen molar-refractivity contribution in [1.29, 1.82) is 0 Å². The molecule has 1 heterocycles. The van der Waals surface area contributed by atoms with Crippen molar-refractivity contribution < 1.29 is 4.39 Å². The predicted octanol–water partition coefficient (Wildman–Crippen LogP) is 2.77. The molecule has 0 radical (unpaired) electrons. The lowest BCUT2D eigenvalue weighted by molar-refractivity contribution is 0.556. The molecule has 0 aliphatic heterocycles. The molecule has 18 heavy (non-hydrogen) atoms. The number of likely N-dealkylation sites (N-methyl/N-ethyl adjacent to an activating group) is 1. The third kappa shape index (κ3) is 3.03. The van der Waals surface area contributed by atoms with Crippen LogP contribution in [0.2, 0.25) is 5.02 Å².